The average Bonchev–Trinajstić information content (AvgIpc) is 3.04. The molecule has 0 saturated heterocycles. The van der Waals surface area contributed by atoms with Crippen molar-refractivity contribution in [2.24, 2.45) is 0 Å². The minimum atomic E-state index is 0.165. The van der Waals surface area contributed by atoms with Gasteiger partial charge in [-0.1, -0.05) is 71.2 Å². The number of benzene rings is 3. The number of thioether (sulfide) groups is 2. The van der Waals surface area contributed by atoms with E-state index in [0.717, 1.165) is 30.7 Å². The first-order chi connectivity index (χ1) is 12.8. The van der Waals surface area contributed by atoms with Crippen LogP contribution in [0.5, 0.6) is 5.75 Å². The average molecular weight is 417 g/mol. The van der Waals surface area contributed by atoms with Gasteiger partial charge in [0.05, 0.1) is 15.0 Å². The molecule has 0 aliphatic heterocycles. The molecule has 1 heterocycles. The maximum absolute atomic E-state index is 11.6. The molecule has 4 rings (SSSR count). The zero-order valence-electron chi connectivity index (χ0n) is 14.1. The highest BCUT2D eigenvalue weighted by molar-refractivity contribution is 8.04. The summed E-state index contributed by atoms with van der Waals surface area (Å²) in [5, 5.41) is 4.66. The summed E-state index contributed by atoms with van der Waals surface area (Å²) in [5.74, 6) is 1.76. The van der Waals surface area contributed by atoms with Crippen molar-refractivity contribution in [1.29, 1.82) is 0 Å². The SMILES string of the molecule is CSc1sc(=O)sc1SCCOc1c2ccccc2cc2ccccc12. The van der Waals surface area contributed by atoms with Gasteiger partial charge in [-0.05, 0) is 23.1 Å². The van der Waals surface area contributed by atoms with Crippen molar-refractivity contribution in [1.82, 2.24) is 0 Å². The molecule has 0 bridgehead atoms. The zero-order chi connectivity index (χ0) is 17.9. The molecule has 4 aromatic rings. The van der Waals surface area contributed by atoms with Gasteiger partial charge in [-0.2, -0.15) is 0 Å². The molecular weight excluding hydrogens is 400 g/mol. The van der Waals surface area contributed by atoms with Crippen LogP contribution >= 0.6 is 46.2 Å². The molecule has 0 spiro atoms. The standard InChI is InChI=1S/C20H16O2S4/c1-23-18-19(26-20(21)25-18)24-11-10-22-17-15-8-4-2-6-13(15)12-14-7-3-5-9-16(14)17/h2-9,12H,10-11H2,1H3. The van der Waals surface area contributed by atoms with Crippen molar-refractivity contribution in [3.63, 3.8) is 0 Å². The molecule has 0 fully saturated rings. The van der Waals surface area contributed by atoms with Gasteiger partial charge in [-0.15, -0.1) is 23.5 Å². The fourth-order valence-electron chi connectivity index (χ4n) is 2.87. The van der Waals surface area contributed by atoms with E-state index < -0.39 is 0 Å². The van der Waals surface area contributed by atoms with Crippen molar-refractivity contribution in [3.05, 3.63) is 63.4 Å². The summed E-state index contributed by atoms with van der Waals surface area (Å²) in [4.78, 5) is 11.6. The first-order valence-corrected chi connectivity index (χ1v) is 11.9. The van der Waals surface area contributed by atoms with Crippen LogP contribution in [0.1, 0.15) is 0 Å². The van der Waals surface area contributed by atoms with Gasteiger partial charge >= 0.3 is 0 Å². The van der Waals surface area contributed by atoms with E-state index in [1.165, 1.54) is 33.4 Å². The fraction of sp³-hybridized carbons (Fsp3) is 0.150. The molecule has 0 amide bonds. The van der Waals surface area contributed by atoms with Crippen molar-refractivity contribution in [2.45, 2.75) is 8.42 Å². The van der Waals surface area contributed by atoms with Gasteiger partial charge < -0.3 is 4.74 Å². The molecule has 0 radical (unpaired) electrons. The summed E-state index contributed by atoms with van der Waals surface area (Å²) in [5.41, 5.74) is 0. The van der Waals surface area contributed by atoms with Crippen LogP contribution in [-0.4, -0.2) is 18.6 Å². The Morgan fingerprint density at radius 1 is 0.923 bits per heavy atom. The summed E-state index contributed by atoms with van der Waals surface area (Å²) in [6, 6.07) is 18.9. The lowest BCUT2D eigenvalue weighted by atomic mass is 10.0. The van der Waals surface area contributed by atoms with Crippen LogP contribution < -0.4 is 8.79 Å². The first kappa shape index (κ1) is 17.9. The topological polar surface area (TPSA) is 26.3 Å². The molecule has 1 aromatic heterocycles. The van der Waals surface area contributed by atoms with Gasteiger partial charge in [0.2, 0.25) is 0 Å². The molecule has 0 aliphatic carbocycles. The largest absolute Gasteiger partial charge is 0.491 e. The Hall–Kier alpha value is -1.47. The molecule has 0 atom stereocenters. The second-order valence-electron chi connectivity index (χ2n) is 5.58. The van der Waals surface area contributed by atoms with Gasteiger partial charge in [-0.3, -0.25) is 4.79 Å². The van der Waals surface area contributed by atoms with Crippen molar-refractivity contribution >= 4 is 67.7 Å². The summed E-state index contributed by atoms with van der Waals surface area (Å²) in [6.45, 7) is 0.604. The van der Waals surface area contributed by atoms with Crippen molar-refractivity contribution in [2.75, 3.05) is 18.6 Å². The highest BCUT2D eigenvalue weighted by Gasteiger charge is 2.11. The van der Waals surface area contributed by atoms with Crippen LogP contribution in [-0.2, 0) is 0 Å². The second-order valence-corrected chi connectivity index (χ2v) is 10.2. The highest BCUT2D eigenvalue weighted by atomic mass is 32.2. The quantitative estimate of drug-likeness (QED) is 0.207. The van der Waals surface area contributed by atoms with E-state index in [9.17, 15) is 4.79 Å². The van der Waals surface area contributed by atoms with Crippen LogP contribution in [0.2, 0.25) is 0 Å². The monoisotopic (exact) mass is 416 g/mol. The van der Waals surface area contributed by atoms with Gasteiger partial charge in [0.25, 0.3) is 4.06 Å². The van der Waals surface area contributed by atoms with Crippen molar-refractivity contribution in [3.8, 4) is 5.75 Å². The van der Waals surface area contributed by atoms with E-state index in [-0.39, 0.29) is 4.06 Å². The van der Waals surface area contributed by atoms with Gasteiger partial charge in [0.1, 0.15) is 5.75 Å². The molecule has 0 N–H and O–H groups in total. The number of rotatable bonds is 6. The van der Waals surface area contributed by atoms with Gasteiger partial charge in [0.15, 0.2) is 0 Å². The Balaban J connectivity index is 1.57. The second kappa shape index (κ2) is 8.05. The predicted octanol–water partition coefficient (Wildman–Crippen LogP) is 6.37. The third-order valence-corrected chi connectivity index (χ3v) is 8.88. The van der Waals surface area contributed by atoms with E-state index >= 15 is 0 Å². The molecule has 6 heteroatoms. The maximum atomic E-state index is 11.6. The number of ether oxygens (including phenoxy) is 1. The maximum Gasteiger partial charge on any atom is 0.289 e. The molecule has 0 unspecified atom stereocenters. The molecule has 26 heavy (non-hydrogen) atoms. The Kier molecular flexibility index (Phi) is 5.55. The van der Waals surface area contributed by atoms with E-state index in [1.807, 2.05) is 18.4 Å². The third kappa shape index (κ3) is 3.64. The normalized spacial score (nSPS) is 11.3. The van der Waals surface area contributed by atoms with Gasteiger partial charge in [0, 0.05) is 16.5 Å². The van der Waals surface area contributed by atoms with E-state index in [1.54, 1.807) is 23.5 Å². The molecule has 3 aromatic carbocycles. The lowest BCUT2D eigenvalue weighted by Gasteiger charge is -2.13. The van der Waals surface area contributed by atoms with E-state index in [4.69, 9.17) is 4.74 Å². The van der Waals surface area contributed by atoms with Crippen LogP contribution in [0.15, 0.2) is 67.8 Å². The molecule has 132 valence electrons. The Bertz CT molecular complexity index is 1060. The Labute approximate surface area is 168 Å². The summed E-state index contributed by atoms with van der Waals surface area (Å²) in [6.07, 6.45) is 2.01. The van der Waals surface area contributed by atoms with E-state index in [0.29, 0.717) is 6.61 Å². The number of hydrogen-bond acceptors (Lipinski definition) is 6. The van der Waals surface area contributed by atoms with Crippen LogP contribution in [0, 0.1) is 0 Å². The number of hydrogen-bond donors (Lipinski definition) is 0. The van der Waals surface area contributed by atoms with E-state index in [2.05, 4.69) is 42.5 Å². The molecule has 0 saturated carbocycles. The molecule has 0 aliphatic rings. The summed E-state index contributed by atoms with van der Waals surface area (Å²) < 4.78 is 8.62. The molecular formula is C20H16O2S4. The highest BCUT2D eigenvalue weighted by Crippen LogP contribution is 2.37. The summed E-state index contributed by atoms with van der Waals surface area (Å²) >= 11 is 6.02. The Morgan fingerprint density at radius 3 is 2.19 bits per heavy atom. The lowest BCUT2D eigenvalue weighted by molar-refractivity contribution is 0.352. The minimum Gasteiger partial charge on any atom is -0.491 e. The van der Waals surface area contributed by atoms with Crippen LogP contribution in [0.3, 0.4) is 0 Å². The number of fused-ring (bicyclic) bond motifs is 2. The zero-order valence-corrected chi connectivity index (χ0v) is 17.3. The lowest BCUT2D eigenvalue weighted by Crippen LogP contribution is -2.01. The first-order valence-electron chi connectivity index (χ1n) is 8.10. The smallest absolute Gasteiger partial charge is 0.289 e. The summed E-state index contributed by atoms with van der Waals surface area (Å²) in [7, 11) is 0. The van der Waals surface area contributed by atoms with Gasteiger partial charge in [-0.25, -0.2) is 0 Å². The van der Waals surface area contributed by atoms with Crippen molar-refractivity contribution < 1.29 is 4.74 Å². The Morgan fingerprint density at radius 2 is 1.54 bits per heavy atom. The molecule has 2 nitrogen and oxygen atoms in total. The predicted molar refractivity (Wildman–Crippen MR) is 118 cm³/mol. The minimum absolute atomic E-state index is 0.165. The third-order valence-electron chi connectivity index (χ3n) is 3.99. The fourth-order valence-corrected chi connectivity index (χ4v) is 7.59. The van der Waals surface area contributed by atoms with Crippen LogP contribution in [0.25, 0.3) is 21.5 Å². The van der Waals surface area contributed by atoms with Crippen LogP contribution in [0.4, 0.5) is 0 Å².